The van der Waals surface area contributed by atoms with Gasteiger partial charge in [0.2, 0.25) is 0 Å². The number of carbonyl (C=O) groups is 1. The average Bonchev–Trinajstić information content (AvgIpc) is 3.54. The Morgan fingerprint density at radius 3 is 2.59 bits per heavy atom. The maximum atomic E-state index is 14.3. The molecule has 1 saturated heterocycles. The largest absolute Gasteiger partial charge is 0.332 e. The predicted molar refractivity (Wildman–Crippen MR) is 135 cm³/mol. The number of amides is 1. The molecule has 0 bridgehead atoms. The van der Waals surface area contributed by atoms with E-state index in [1.165, 1.54) is 24.5 Å². The van der Waals surface area contributed by atoms with Crippen molar-refractivity contribution < 1.29 is 13.6 Å². The summed E-state index contributed by atoms with van der Waals surface area (Å²) in [6.45, 7) is 1.09. The Morgan fingerprint density at radius 1 is 0.946 bits per heavy atom. The van der Waals surface area contributed by atoms with Crippen molar-refractivity contribution in [1.29, 1.82) is 0 Å². The van der Waals surface area contributed by atoms with Crippen molar-refractivity contribution in [2.45, 2.75) is 31.8 Å². The van der Waals surface area contributed by atoms with Crippen LogP contribution in [-0.4, -0.2) is 47.5 Å². The van der Waals surface area contributed by atoms with Gasteiger partial charge in [0.05, 0.1) is 24.5 Å². The van der Waals surface area contributed by atoms with Crippen molar-refractivity contribution in [3.63, 3.8) is 0 Å². The molecule has 1 aliphatic rings. The molecule has 5 aromatic rings. The molecule has 37 heavy (non-hydrogen) atoms. The third-order valence-corrected chi connectivity index (χ3v) is 6.75. The molecule has 4 aromatic heterocycles. The fraction of sp³-hybridized carbons (Fsp3) is 0.214. The normalized spacial score (nSPS) is 15.8. The van der Waals surface area contributed by atoms with Gasteiger partial charge in [-0.05, 0) is 49.6 Å². The first-order valence-electron chi connectivity index (χ1n) is 12.3. The summed E-state index contributed by atoms with van der Waals surface area (Å²) in [7, 11) is 0. The molecule has 5 heterocycles. The van der Waals surface area contributed by atoms with Gasteiger partial charge in [-0.3, -0.25) is 18.9 Å². The highest BCUT2D eigenvalue weighted by molar-refractivity contribution is 6.00. The molecule has 1 amide bonds. The Balaban J connectivity index is 1.33. The number of benzene rings is 1. The molecule has 1 atom stereocenters. The Kier molecular flexibility index (Phi) is 5.96. The first-order valence-corrected chi connectivity index (χ1v) is 12.3. The van der Waals surface area contributed by atoms with Crippen molar-refractivity contribution >= 4 is 11.6 Å². The van der Waals surface area contributed by atoms with Crippen LogP contribution in [0.2, 0.25) is 0 Å². The third-order valence-electron chi connectivity index (χ3n) is 6.75. The lowest BCUT2D eigenvalue weighted by atomic mass is 10.0. The highest BCUT2D eigenvalue weighted by Gasteiger charge is 2.32. The lowest BCUT2D eigenvalue weighted by molar-refractivity contribution is 0.0577. The molecule has 0 aliphatic carbocycles. The first kappa shape index (κ1) is 23.0. The number of hydrogen-bond donors (Lipinski definition) is 0. The molecule has 0 spiro atoms. The summed E-state index contributed by atoms with van der Waals surface area (Å²) in [5.74, 6) is -1.02. The molecule has 1 aliphatic heterocycles. The molecular formula is C28H24F2N6O. The van der Waals surface area contributed by atoms with Crippen molar-refractivity contribution in [1.82, 2.24) is 29.0 Å². The molecule has 0 N–H and O–H groups in total. The number of likely N-dealkylation sites (tertiary alicyclic amines) is 1. The molecule has 186 valence electrons. The van der Waals surface area contributed by atoms with Gasteiger partial charge in [0.25, 0.3) is 5.91 Å². The van der Waals surface area contributed by atoms with E-state index in [4.69, 9.17) is 0 Å². The second kappa shape index (κ2) is 9.57. The van der Waals surface area contributed by atoms with Crippen LogP contribution < -0.4 is 0 Å². The molecule has 9 heteroatoms. The van der Waals surface area contributed by atoms with Gasteiger partial charge in [0.15, 0.2) is 0 Å². The number of piperidine rings is 1. The number of hydrogen-bond acceptors (Lipinski definition) is 4. The predicted octanol–water partition coefficient (Wildman–Crippen LogP) is 5.23. The topological polar surface area (TPSA) is 68.3 Å². The SMILES string of the molecule is O=C(c1c(-c2ccccc2)nc2ccc(F)cn12)N1CCCC[C@H]1Cn1ccc(-c2ccc(F)cn2)n1. The van der Waals surface area contributed by atoms with Gasteiger partial charge in [-0.2, -0.15) is 5.10 Å². The van der Waals surface area contributed by atoms with Crippen molar-refractivity contribution in [2.75, 3.05) is 6.54 Å². The van der Waals surface area contributed by atoms with Crippen LogP contribution in [0.1, 0.15) is 29.8 Å². The molecule has 1 fully saturated rings. The summed E-state index contributed by atoms with van der Waals surface area (Å²) in [5, 5.41) is 4.61. The number of imidazole rings is 1. The molecule has 6 rings (SSSR count). The number of pyridine rings is 2. The van der Waals surface area contributed by atoms with Crippen molar-refractivity contribution in [2.24, 2.45) is 0 Å². The lowest BCUT2D eigenvalue weighted by Gasteiger charge is -2.35. The summed E-state index contributed by atoms with van der Waals surface area (Å²) < 4.78 is 30.9. The third kappa shape index (κ3) is 4.48. The number of nitrogens with zero attached hydrogens (tertiary/aromatic N) is 6. The van der Waals surface area contributed by atoms with Crippen LogP contribution in [-0.2, 0) is 6.54 Å². The van der Waals surface area contributed by atoms with E-state index in [1.807, 2.05) is 47.5 Å². The Morgan fingerprint density at radius 2 is 1.78 bits per heavy atom. The van der Waals surface area contributed by atoms with Crippen LogP contribution in [0.15, 0.2) is 79.3 Å². The molecule has 0 unspecified atom stereocenters. The Labute approximate surface area is 212 Å². The zero-order valence-electron chi connectivity index (χ0n) is 20.0. The quantitative estimate of drug-likeness (QED) is 0.333. The maximum Gasteiger partial charge on any atom is 0.273 e. The minimum atomic E-state index is -0.438. The monoisotopic (exact) mass is 498 g/mol. The highest BCUT2D eigenvalue weighted by atomic mass is 19.1. The van der Waals surface area contributed by atoms with Gasteiger partial charge in [0, 0.05) is 24.5 Å². The highest BCUT2D eigenvalue weighted by Crippen LogP contribution is 2.29. The molecule has 1 aromatic carbocycles. The fourth-order valence-electron chi connectivity index (χ4n) is 4.96. The van der Waals surface area contributed by atoms with Crippen LogP contribution in [0.5, 0.6) is 0 Å². The van der Waals surface area contributed by atoms with Crippen molar-refractivity contribution in [3.8, 4) is 22.6 Å². The van der Waals surface area contributed by atoms with Gasteiger partial charge in [-0.1, -0.05) is 30.3 Å². The molecule has 0 radical (unpaired) electrons. The first-order chi connectivity index (χ1) is 18.1. The fourth-order valence-corrected chi connectivity index (χ4v) is 4.96. The second-order valence-electron chi connectivity index (χ2n) is 9.18. The maximum absolute atomic E-state index is 14.3. The van der Waals surface area contributed by atoms with Crippen molar-refractivity contribution in [3.05, 3.63) is 96.6 Å². The minimum absolute atomic E-state index is 0.0992. The van der Waals surface area contributed by atoms with Crippen LogP contribution in [0, 0.1) is 11.6 Å². The Hall–Kier alpha value is -4.40. The van der Waals surface area contributed by atoms with Gasteiger partial charge in [-0.15, -0.1) is 0 Å². The van der Waals surface area contributed by atoms with E-state index in [1.54, 1.807) is 21.2 Å². The zero-order valence-corrected chi connectivity index (χ0v) is 20.0. The van der Waals surface area contributed by atoms with Crippen LogP contribution >= 0.6 is 0 Å². The van der Waals surface area contributed by atoms with E-state index < -0.39 is 11.6 Å². The Bertz CT molecular complexity index is 1560. The van der Waals surface area contributed by atoms with E-state index >= 15 is 0 Å². The van der Waals surface area contributed by atoms with E-state index in [0.717, 1.165) is 24.8 Å². The van der Waals surface area contributed by atoms with Crippen LogP contribution in [0.3, 0.4) is 0 Å². The van der Waals surface area contributed by atoms with E-state index in [2.05, 4.69) is 15.1 Å². The van der Waals surface area contributed by atoms with E-state index in [-0.39, 0.29) is 11.9 Å². The van der Waals surface area contributed by atoms with Crippen LogP contribution in [0.25, 0.3) is 28.3 Å². The van der Waals surface area contributed by atoms with Crippen LogP contribution in [0.4, 0.5) is 8.78 Å². The van der Waals surface area contributed by atoms with Gasteiger partial charge < -0.3 is 4.90 Å². The zero-order chi connectivity index (χ0) is 25.4. The minimum Gasteiger partial charge on any atom is -0.332 e. The molecule has 0 saturated carbocycles. The summed E-state index contributed by atoms with van der Waals surface area (Å²) >= 11 is 0. The summed E-state index contributed by atoms with van der Waals surface area (Å²) in [5.41, 5.74) is 3.41. The average molecular weight is 499 g/mol. The van der Waals surface area contributed by atoms with E-state index in [0.29, 0.717) is 41.5 Å². The number of rotatable bonds is 5. The molecular weight excluding hydrogens is 474 g/mol. The standard InChI is InChI=1S/C28H24F2N6O/c29-20-9-11-23(31-16-20)24-13-15-34(33-24)18-22-8-4-5-14-35(22)28(37)27-26(19-6-2-1-3-7-19)32-25-12-10-21(30)17-36(25)27/h1-3,6-7,9-13,15-17,22H,4-5,8,14,18H2/t22-/m0/s1. The number of aromatic nitrogens is 5. The number of fused-ring (bicyclic) bond motifs is 1. The number of carbonyl (C=O) groups excluding carboxylic acids is 1. The summed E-state index contributed by atoms with van der Waals surface area (Å²) in [4.78, 5) is 24.8. The van der Waals surface area contributed by atoms with E-state index in [9.17, 15) is 13.6 Å². The summed E-state index contributed by atoms with van der Waals surface area (Å²) in [6, 6.07) is 17.1. The smallest absolute Gasteiger partial charge is 0.273 e. The van der Waals surface area contributed by atoms with Gasteiger partial charge >= 0.3 is 0 Å². The second-order valence-corrected chi connectivity index (χ2v) is 9.18. The molecule has 7 nitrogen and oxygen atoms in total. The van der Waals surface area contributed by atoms with Gasteiger partial charge in [0.1, 0.15) is 34.4 Å². The lowest BCUT2D eigenvalue weighted by Crippen LogP contribution is -2.46. The summed E-state index contributed by atoms with van der Waals surface area (Å²) in [6.07, 6.45) is 7.03. The number of halogens is 2. The van der Waals surface area contributed by atoms with Gasteiger partial charge in [-0.25, -0.2) is 13.8 Å².